The van der Waals surface area contributed by atoms with E-state index in [-0.39, 0.29) is 10.8 Å². The van der Waals surface area contributed by atoms with Gasteiger partial charge in [-0.2, -0.15) is 4.52 Å². The predicted octanol–water partition coefficient (Wildman–Crippen LogP) is 3.46. The van der Waals surface area contributed by atoms with Crippen LogP contribution >= 0.6 is 0 Å². The van der Waals surface area contributed by atoms with Gasteiger partial charge in [-0.1, -0.05) is 58.0 Å². The van der Waals surface area contributed by atoms with E-state index >= 15 is 0 Å². The van der Waals surface area contributed by atoms with E-state index in [1.807, 2.05) is 37.3 Å². The number of aliphatic hydroxyl groups is 1. The smallest absolute Gasteiger partial charge is 0.178 e. The van der Waals surface area contributed by atoms with E-state index in [4.69, 9.17) is 0 Å². The van der Waals surface area contributed by atoms with E-state index in [1.54, 1.807) is 4.52 Å². The molecule has 2 N–H and O–H groups in total. The highest BCUT2D eigenvalue weighted by Crippen LogP contribution is 2.28. The number of hydrogen-bond acceptors (Lipinski definition) is 5. The maximum Gasteiger partial charge on any atom is 0.178 e. The third-order valence-corrected chi connectivity index (χ3v) is 5.07. The van der Waals surface area contributed by atoms with Crippen LogP contribution in [0.4, 0.5) is 5.82 Å². The lowest BCUT2D eigenvalue weighted by Crippen LogP contribution is -2.39. The molecule has 0 bridgehead atoms. The van der Waals surface area contributed by atoms with Crippen molar-refractivity contribution >= 4 is 11.5 Å². The summed E-state index contributed by atoms with van der Waals surface area (Å²) in [4.78, 5) is 0. The van der Waals surface area contributed by atoms with Gasteiger partial charge in [-0.25, -0.2) is 0 Å². The van der Waals surface area contributed by atoms with Crippen LogP contribution in [0.1, 0.15) is 46.0 Å². The van der Waals surface area contributed by atoms with Gasteiger partial charge in [0.05, 0.1) is 6.10 Å². The molecule has 1 aromatic carbocycles. The van der Waals surface area contributed by atoms with Gasteiger partial charge in [-0.3, -0.25) is 0 Å². The number of nitrogens with zero attached hydrogens (tertiary/aromatic N) is 4. The number of rotatable bonds is 6. The quantitative estimate of drug-likeness (QED) is 0.698. The molecule has 27 heavy (non-hydrogen) atoms. The Morgan fingerprint density at radius 2 is 1.74 bits per heavy atom. The second-order valence-electron chi connectivity index (χ2n) is 8.61. The van der Waals surface area contributed by atoms with Crippen LogP contribution in [0.2, 0.25) is 0 Å². The summed E-state index contributed by atoms with van der Waals surface area (Å²) in [6.07, 6.45) is 0.314. The second kappa shape index (κ2) is 7.27. The van der Waals surface area contributed by atoms with Gasteiger partial charge in [-0.15, -0.1) is 15.3 Å². The number of aliphatic hydroxyl groups excluding tert-OH is 1. The largest absolute Gasteiger partial charge is 0.393 e. The monoisotopic (exact) mass is 367 g/mol. The van der Waals surface area contributed by atoms with E-state index in [0.29, 0.717) is 6.54 Å². The zero-order valence-corrected chi connectivity index (χ0v) is 16.8. The topological polar surface area (TPSA) is 75.3 Å². The van der Waals surface area contributed by atoms with Crippen molar-refractivity contribution in [1.29, 1.82) is 0 Å². The van der Waals surface area contributed by atoms with Crippen LogP contribution in [0.3, 0.4) is 0 Å². The zero-order chi connectivity index (χ0) is 19.7. The third kappa shape index (κ3) is 4.27. The second-order valence-corrected chi connectivity index (χ2v) is 8.61. The molecular weight excluding hydrogens is 338 g/mol. The van der Waals surface area contributed by atoms with Crippen LogP contribution < -0.4 is 5.32 Å². The molecule has 2 atom stereocenters. The first kappa shape index (κ1) is 19.3. The summed E-state index contributed by atoms with van der Waals surface area (Å²) < 4.78 is 1.79. The molecule has 0 aliphatic heterocycles. The first-order valence-corrected chi connectivity index (χ1v) is 9.38. The third-order valence-electron chi connectivity index (χ3n) is 5.07. The number of benzene rings is 1. The number of fused-ring (bicyclic) bond motifs is 1. The van der Waals surface area contributed by atoms with Gasteiger partial charge >= 0.3 is 0 Å². The van der Waals surface area contributed by atoms with Crippen LogP contribution in [0, 0.1) is 5.41 Å². The lowest BCUT2D eigenvalue weighted by molar-refractivity contribution is 0.0619. The van der Waals surface area contributed by atoms with Crippen molar-refractivity contribution in [2.75, 3.05) is 11.9 Å². The first-order valence-electron chi connectivity index (χ1n) is 9.38. The molecule has 3 rings (SSSR count). The molecule has 2 aromatic heterocycles. The molecule has 0 fully saturated rings. The van der Waals surface area contributed by atoms with Gasteiger partial charge in [0.15, 0.2) is 11.5 Å². The van der Waals surface area contributed by atoms with Crippen LogP contribution in [0.5, 0.6) is 0 Å². The Bertz CT molecular complexity index is 898. The molecule has 0 aliphatic carbocycles. The Morgan fingerprint density at radius 1 is 1.04 bits per heavy atom. The van der Waals surface area contributed by atoms with Crippen molar-refractivity contribution in [3.8, 4) is 0 Å². The number of anilines is 1. The molecule has 144 valence electrons. The molecule has 0 saturated carbocycles. The van der Waals surface area contributed by atoms with Crippen molar-refractivity contribution in [2.24, 2.45) is 5.41 Å². The molecular formula is C21H29N5O. The molecule has 2 unspecified atom stereocenters. The van der Waals surface area contributed by atoms with Gasteiger partial charge in [0.25, 0.3) is 0 Å². The molecule has 0 aliphatic rings. The van der Waals surface area contributed by atoms with Crippen molar-refractivity contribution in [3.63, 3.8) is 0 Å². The van der Waals surface area contributed by atoms with E-state index in [1.165, 1.54) is 5.56 Å². The normalized spacial score (nSPS) is 15.5. The molecule has 0 saturated heterocycles. The Kier molecular flexibility index (Phi) is 5.20. The standard InChI is InChI=1S/C21H29N5O/c1-15(27)21(5,13-16-9-7-6-8-10-16)14-22-17-11-12-18-23-24-19(20(2,3)4)26(18)25-17/h6-12,15,27H,13-14H2,1-5H3,(H,22,25). The minimum Gasteiger partial charge on any atom is -0.393 e. The van der Waals surface area contributed by atoms with E-state index in [0.717, 1.165) is 23.7 Å². The van der Waals surface area contributed by atoms with Gasteiger partial charge in [0.1, 0.15) is 5.82 Å². The maximum absolute atomic E-state index is 10.4. The number of aromatic nitrogens is 4. The van der Waals surface area contributed by atoms with Crippen LogP contribution in [-0.4, -0.2) is 37.6 Å². The van der Waals surface area contributed by atoms with Crippen LogP contribution in [0.15, 0.2) is 42.5 Å². The molecule has 0 radical (unpaired) electrons. The van der Waals surface area contributed by atoms with Gasteiger partial charge in [0.2, 0.25) is 0 Å². The molecule has 6 heteroatoms. The fraction of sp³-hybridized carbons (Fsp3) is 0.476. The van der Waals surface area contributed by atoms with Crippen molar-refractivity contribution in [3.05, 3.63) is 53.9 Å². The van der Waals surface area contributed by atoms with Crippen molar-refractivity contribution in [1.82, 2.24) is 19.8 Å². The first-order chi connectivity index (χ1) is 12.7. The zero-order valence-electron chi connectivity index (χ0n) is 16.8. The van der Waals surface area contributed by atoms with Crippen molar-refractivity contribution in [2.45, 2.75) is 52.6 Å². The van der Waals surface area contributed by atoms with Gasteiger partial charge in [-0.05, 0) is 31.0 Å². The van der Waals surface area contributed by atoms with Crippen LogP contribution in [0.25, 0.3) is 5.65 Å². The minimum absolute atomic E-state index is 0.146. The van der Waals surface area contributed by atoms with E-state index in [9.17, 15) is 5.11 Å². The Balaban J connectivity index is 1.81. The average molecular weight is 367 g/mol. The summed E-state index contributed by atoms with van der Waals surface area (Å²) in [6.45, 7) is 10.8. The molecule has 2 heterocycles. The highest BCUT2D eigenvalue weighted by atomic mass is 16.3. The summed E-state index contributed by atoms with van der Waals surface area (Å²) in [5.74, 6) is 1.57. The predicted molar refractivity (Wildman–Crippen MR) is 108 cm³/mol. The van der Waals surface area contributed by atoms with Crippen molar-refractivity contribution < 1.29 is 5.11 Å². The van der Waals surface area contributed by atoms with E-state index in [2.05, 4.69) is 60.4 Å². The van der Waals surface area contributed by atoms with Gasteiger partial charge in [0, 0.05) is 17.4 Å². The summed E-state index contributed by atoms with van der Waals surface area (Å²) in [5, 5.41) is 27.0. The fourth-order valence-electron chi connectivity index (χ4n) is 3.06. The molecule has 3 aromatic rings. The van der Waals surface area contributed by atoms with Gasteiger partial charge < -0.3 is 10.4 Å². The lowest BCUT2D eigenvalue weighted by Gasteiger charge is -2.33. The average Bonchev–Trinajstić information content (AvgIpc) is 3.04. The number of hydrogen-bond donors (Lipinski definition) is 2. The SMILES string of the molecule is CC(O)C(C)(CNc1ccc2nnc(C(C)(C)C)n2n1)Cc1ccccc1. The Labute approximate surface area is 160 Å². The molecule has 6 nitrogen and oxygen atoms in total. The summed E-state index contributed by atoms with van der Waals surface area (Å²) in [7, 11) is 0. The highest BCUT2D eigenvalue weighted by Gasteiger charge is 2.30. The molecule has 0 amide bonds. The maximum atomic E-state index is 10.4. The Hall–Kier alpha value is -2.47. The Morgan fingerprint density at radius 3 is 2.37 bits per heavy atom. The lowest BCUT2D eigenvalue weighted by atomic mass is 9.79. The summed E-state index contributed by atoms with van der Waals surface area (Å²) in [5.41, 5.74) is 1.47. The van der Waals surface area contributed by atoms with Crippen LogP contribution in [-0.2, 0) is 11.8 Å². The summed E-state index contributed by atoms with van der Waals surface area (Å²) >= 11 is 0. The highest BCUT2D eigenvalue weighted by molar-refractivity contribution is 5.44. The molecule has 0 spiro atoms. The van der Waals surface area contributed by atoms with E-state index < -0.39 is 6.10 Å². The summed E-state index contributed by atoms with van der Waals surface area (Å²) in [6, 6.07) is 14.1. The minimum atomic E-state index is -0.464. The number of nitrogens with one attached hydrogen (secondary N) is 1. The fourth-order valence-corrected chi connectivity index (χ4v) is 3.06.